The number of nitrogens with zero attached hydrogens (tertiary/aromatic N) is 2. The quantitative estimate of drug-likeness (QED) is 0.0731. The molecule has 0 saturated carbocycles. The first-order chi connectivity index (χ1) is 27.3. The summed E-state index contributed by atoms with van der Waals surface area (Å²) in [5.74, 6) is -2.45. The molecule has 3 aromatic carbocycles. The minimum absolute atomic E-state index is 0. The molecule has 4 aromatic rings. The van der Waals surface area contributed by atoms with Gasteiger partial charge in [0.2, 0.25) is 5.91 Å². The highest BCUT2D eigenvalue weighted by atomic mass is 35.5. The number of carboxylic acid groups (broad SMARTS) is 2. The van der Waals surface area contributed by atoms with Crippen LogP contribution in [0, 0.1) is 0 Å². The van der Waals surface area contributed by atoms with Crippen LogP contribution in [0.4, 0.5) is 10.7 Å². The van der Waals surface area contributed by atoms with Gasteiger partial charge in [-0.1, -0.05) is 36.4 Å². The predicted molar refractivity (Wildman–Crippen MR) is 232 cm³/mol. The molecule has 1 heterocycles. The second-order valence-electron chi connectivity index (χ2n) is 15.2. The third-order valence-electron chi connectivity index (χ3n) is 10.4. The number of carbonyl (C=O) groups is 5. The summed E-state index contributed by atoms with van der Waals surface area (Å²) < 4.78 is 0. The topological polar surface area (TPSA) is 156 Å². The first kappa shape index (κ1) is 45.7. The van der Waals surface area contributed by atoms with Gasteiger partial charge in [-0.05, 0) is 131 Å². The summed E-state index contributed by atoms with van der Waals surface area (Å²) in [7, 11) is 0. The second-order valence-corrected chi connectivity index (χ2v) is 16.3. The third kappa shape index (κ3) is 12.7. The molecule has 1 aliphatic rings. The van der Waals surface area contributed by atoms with E-state index in [4.69, 9.17) is 10.2 Å². The van der Waals surface area contributed by atoms with E-state index in [-0.39, 0.29) is 60.6 Å². The highest BCUT2D eigenvalue weighted by molar-refractivity contribution is 7.17. The molecule has 11 nitrogen and oxygen atoms in total. The van der Waals surface area contributed by atoms with E-state index in [2.05, 4.69) is 29.4 Å². The van der Waals surface area contributed by atoms with Crippen LogP contribution in [-0.2, 0) is 41.8 Å². The molecule has 1 aromatic heterocycles. The Morgan fingerprint density at radius 2 is 1.38 bits per heavy atom. The highest BCUT2D eigenvalue weighted by Gasteiger charge is 2.27. The van der Waals surface area contributed by atoms with Crippen LogP contribution in [0.2, 0.25) is 0 Å². The van der Waals surface area contributed by atoms with Crippen molar-refractivity contribution in [2.24, 2.45) is 0 Å². The number of hydrogen-bond acceptors (Lipinski definition) is 7. The monoisotopic (exact) mass is 830 g/mol. The van der Waals surface area contributed by atoms with E-state index in [1.807, 2.05) is 68.4 Å². The van der Waals surface area contributed by atoms with Crippen LogP contribution in [0.3, 0.4) is 0 Å². The lowest BCUT2D eigenvalue weighted by Crippen LogP contribution is -2.44. The number of amides is 3. The lowest BCUT2D eigenvalue weighted by molar-refractivity contribution is -0.137. The van der Waals surface area contributed by atoms with Crippen molar-refractivity contribution in [3.8, 4) is 0 Å². The molecular formula is C45H55ClN4O7S. The molecule has 13 heteroatoms. The predicted octanol–water partition coefficient (Wildman–Crippen LogP) is 8.74. The summed E-state index contributed by atoms with van der Waals surface area (Å²) in [6, 6.07) is 22.2. The van der Waals surface area contributed by atoms with Crippen molar-refractivity contribution in [2.75, 3.05) is 23.7 Å². The number of thiophene rings is 1. The zero-order chi connectivity index (χ0) is 41.1. The number of aliphatic carboxylic acids is 1. The molecule has 0 saturated heterocycles. The lowest BCUT2D eigenvalue weighted by atomic mass is 9.95. The summed E-state index contributed by atoms with van der Waals surface area (Å²) in [6.07, 6.45) is 5.66. The zero-order valence-corrected chi connectivity index (χ0v) is 35.3. The summed E-state index contributed by atoms with van der Waals surface area (Å²) >= 11 is 1.48. The normalized spacial score (nSPS) is 12.2. The van der Waals surface area contributed by atoms with Crippen molar-refractivity contribution in [3.63, 3.8) is 0 Å². The SMILES string of the molecule is CC(C)N(CCN(C(=O)CCCC(=O)O)C(C)C)Cc1cccc(C(=O)Nc2sc3c(c2C(=O)Nc2ccc(CCc4ccc(C(=O)O)cc4)cc2)CCCC3)c1.Cl. The fraction of sp³-hybridized carbons (Fsp3) is 0.400. The summed E-state index contributed by atoms with van der Waals surface area (Å²) in [5, 5.41) is 24.8. The van der Waals surface area contributed by atoms with Crippen molar-refractivity contribution in [1.29, 1.82) is 0 Å². The molecular weight excluding hydrogens is 776 g/mol. The average Bonchev–Trinajstić information content (AvgIpc) is 3.55. The Labute approximate surface area is 351 Å². The van der Waals surface area contributed by atoms with Gasteiger partial charge in [0.15, 0.2) is 0 Å². The van der Waals surface area contributed by atoms with E-state index in [0.29, 0.717) is 47.9 Å². The van der Waals surface area contributed by atoms with E-state index in [1.54, 1.807) is 23.1 Å². The van der Waals surface area contributed by atoms with Crippen LogP contribution >= 0.6 is 23.7 Å². The molecule has 58 heavy (non-hydrogen) atoms. The Kier molecular flexibility index (Phi) is 17.0. The third-order valence-corrected chi connectivity index (χ3v) is 11.6. The smallest absolute Gasteiger partial charge is 0.335 e. The molecule has 5 rings (SSSR count). The van der Waals surface area contributed by atoms with Crippen molar-refractivity contribution < 1.29 is 34.2 Å². The molecule has 0 atom stereocenters. The van der Waals surface area contributed by atoms with Crippen molar-refractivity contribution in [2.45, 2.75) is 104 Å². The molecule has 0 radical (unpaired) electrons. The number of halogens is 1. The van der Waals surface area contributed by atoms with Crippen LogP contribution in [0.1, 0.15) is 118 Å². The van der Waals surface area contributed by atoms with E-state index in [1.165, 1.54) is 11.3 Å². The Hall–Kier alpha value is -5.04. The minimum atomic E-state index is -0.945. The number of aryl methyl sites for hydroxylation is 3. The number of aromatic carboxylic acids is 1. The van der Waals surface area contributed by atoms with Crippen molar-refractivity contribution >= 4 is 64.1 Å². The number of rotatable bonds is 19. The van der Waals surface area contributed by atoms with Gasteiger partial charge in [-0.3, -0.25) is 24.1 Å². The van der Waals surface area contributed by atoms with Gasteiger partial charge in [-0.25, -0.2) is 4.79 Å². The Balaban J connectivity index is 0.00000744. The van der Waals surface area contributed by atoms with Crippen LogP contribution < -0.4 is 10.6 Å². The van der Waals surface area contributed by atoms with Gasteiger partial charge in [0.05, 0.1) is 11.1 Å². The molecule has 1 aliphatic carbocycles. The summed E-state index contributed by atoms with van der Waals surface area (Å²) in [5.41, 5.74) is 6.01. The molecule has 0 fully saturated rings. The first-order valence-corrected chi connectivity index (χ1v) is 20.6. The van der Waals surface area contributed by atoms with E-state index in [0.717, 1.165) is 65.7 Å². The number of carbonyl (C=O) groups excluding carboxylic acids is 3. The minimum Gasteiger partial charge on any atom is -0.481 e. The molecule has 0 unspecified atom stereocenters. The van der Waals surface area contributed by atoms with Gasteiger partial charge < -0.3 is 25.7 Å². The molecule has 0 spiro atoms. The average molecular weight is 831 g/mol. The van der Waals surface area contributed by atoms with Gasteiger partial charge in [-0.2, -0.15) is 0 Å². The standard InChI is InChI=1S/C45H54N4O7S.ClH/c1-29(2)48(25-26-49(30(3)4)39(50)13-8-14-40(51)52)28-33-9-7-10-35(27-33)42(53)47-44-41(37-11-5-6-12-38(37)57-44)43(54)46-36-23-19-32(20-24-36)16-15-31-17-21-34(22-18-31)45(55)56;/h7,9-10,17-24,27,29-30H,5-6,8,11-16,25-26,28H2,1-4H3,(H,46,54)(H,47,53)(H,51,52)(H,55,56);1H. The van der Waals surface area contributed by atoms with Crippen LogP contribution in [0.25, 0.3) is 0 Å². The van der Waals surface area contributed by atoms with E-state index < -0.39 is 11.9 Å². The maximum absolute atomic E-state index is 13.9. The number of carboxylic acids is 2. The lowest BCUT2D eigenvalue weighted by Gasteiger charge is -2.32. The largest absolute Gasteiger partial charge is 0.481 e. The summed E-state index contributed by atoms with van der Waals surface area (Å²) in [4.78, 5) is 67.9. The van der Waals surface area contributed by atoms with Crippen molar-refractivity contribution in [1.82, 2.24) is 9.80 Å². The number of benzene rings is 3. The summed E-state index contributed by atoms with van der Waals surface area (Å²) in [6.45, 7) is 9.80. The van der Waals surface area contributed by atoms with Gasteiger partial charge in [0, 0.05) is 60.7 Å². The van der Waals surface area contributed by atoms with E-state index >= 15 is 0 Å². The Bertz CT molecular complexity index is 2050. The van der Waals surface area contributed by atoms with Crippen molar-refractivity contribution in [3.05, 3.63) is 117 Å². The first-order valence-electron chi connectivity index (χ1n) is 19.8. The van der Waals surface area contributed by atoms with Gasteiger partial charge in [0.1, 0.15) is 5.00 Å². The zero-order valence-electron chi connectivity index (χ0n) is 33.7. The molecule has 0 aliphatic heterocycles. The number of hydrogen-bond donors (Lipinski definition) is 4. The van der Waals surface area contributed by atoms with Crippen LogP contribution in [0.15, 0.2) is 72.8 Å². The van der Waals surface area contributed by atoms with Gasteiger partial charge >= 0.3 is 11.9 Å². The van der Waals surface area contributed by atoms with Gasteiger partial charge in [0.25, 0.3) is 11.8 Å². The molecule has 310 valence electrons. The highest BCUT2D eigenvalue weighted by Crippen LogP contribution is 2.39. The van der Waals surface area contributed by atoms with E-state index in [9.17, 15) is 24.0 Å². The molecule has 3 amide bonds. The Morgan fingerprint density at radius 1 is 0.724 bits per heavy atom. The molecule has 4 N–H and O–H groups in total. The fourth-order valence-corrected chi connectivity index (χ4v) is 8.41. The maximum atomic E-state index is 13.9. The second kappa shape index (κ2) is 21.6. The number of fused-ring (bicyclic) bond motifs is 1. The molecule has 0 bridgehead atoms. The Morgan fingerprint density at radius 3 is 2.00 bits per heavy atom. The number of nitrogens with one attached hydrogen (secondary N) is 2. The number of anilines is 2. The van der Waals surface area contributed by atoms with Crippen LogP contribution in [-0.4, -0.2) is 74.8 Å². The fourth-order valence-electron chi connectivity index (χ4n) is 7.13. The van der Waals surface area contributed by atoms with Crippen LogP contribution in [0.5, 0.6) is 0 Å². The van der Waals surface area contributed by atoms with Gasteiger partial charge in [-0.15, -0.1) is 23.7 Å². The maximum Gasteiger partial charge on any atom is 0.335 e.